The number of hydrogen-bond donors (Lipinski definition) is 1. The summed E-state index contributed by atoms with van der Waals surface area (Å²) in [4.78, 5) is 28.0. The topological polar surface area (TPSA) is 69.3 Å². The van der Waals surface area contributed by atoms with Crippen molar-refractivity contribution in [1.29, 1.82) is 0 Å². The molecule has 3 rings (SSSR count). The van der Waals surface area contributed by atoms with Crippen LogP contribution in [0.4, 0.5) is 5.69 Å². The van der Waals surface area contributed by atoms with E-state index in [1.54, 1.807) is 24.1 Å². The Hall–Kier alpha value is -2.34. The van der Waals surface area contributed by atoms with Crippen LogP contribution in [-0.4, -0.2) is 46.5 Å². The largest absolute Gasteiger partial charge is 0.329 e. The van der Waals surface area contributed by atoms with Gasteiger partial charge >= 0.3 is 0 Å². The molecule has 1 saturated heterocycles. The fourth-order valence-corrected chi connectivity index (χ4v) is 2.88. The molecule has 6 nitrogen and oxygen atoms in total. The molecule has 1 aromatic heterocycles. The highest BCUT2D eigenvalue weighted by Gasteiger charge is 2.38. The predicted molar refractivity (Wildman–Crippen MR) is 82.9 cm³/mol. The number of carbonyl (C=O) groups is 2. The molecule has 1 aliphatic rings. The average molecular weight is 319 g/mol. The van der Waals surface area contributed by atoms with Crippen LogP contribution in [0.5, 0.6) is 0 Å². The number of nitrogens with zero attached hydrogens (tertiary/aromatic N) is 3. The SMILES string of the molecule is CN(C(=O)c1cn[nH]c1)[C@H]1CCN(c2ccccc2Cl)C1=O. The lowest BCUT2D eigenvalue weighted by Crippen LogP contribution is -2.42. The highest BCUT2D eigenvalue weighted by molar-refractivity contribution is 6.34. The number of rotatable bonds is 3. The first-order valence-corrected chi connectivity index (χ1v) is 7.29. The third kappa shape index (κ3) is 2.46. The van der Waals surface area contributed by atoms with E-state index in [-0.39, 0.29) is 11.8 Å². The summed E-state index contributed by atoms with van der Waals surface area (Å²) in [5.74, 6) is -0.347. The van der Waals surface area contributed by atoms with Gasteiger partial charge in [0.25, 0.3) is 5.91 Å². The third-order valence-electron chi connectivity index (χ3n) is 3.85. The molecule has 2 aromatic rings. The number of anilines is 1. The number of halogens is 1. The van der Waals surface area contributed by atoms with E-state index in [2.05, 4.69) is 10.2 Å². The van der Waals surface area contributed by atoms with Crippen LogP contribution in [0.2, 0.25) is 5.02 Å². The number of benzene rings is 1. The number of nitrogens with one attached hydrogen (secondary N) is 1. The highest BCUT2D eigenvalue weighted by Crippen LogP contribution is 2.30. The molecule has 1 aromatic carbocycles. The van der Waals surface area contributed by atoms with Crippen LogP contribution in [0.15, 0.2) is 36.7 Å². The van der Waals surface area contributed by atoms with Gasteiger partial charge in [0.05, 0.1) is 22.5 Å². The Bertz CT molecular complexity index is 701. The van der Waals surface area contributed by atoms with E-state index in [1.807, 2.05) is 12.1 Å². The number of amides is 2. The summed E-state index contributed by atoms with van der Waals surface area (Å²) >= 11 is 6.15. The molecule has 114 valence electrons. The van der Waals surface area contributed by atoms with E-state index in [9.17, 15) is 9.59 Å². The van der Waals surface area contributed by atoms with Crippen molar-refractivity contribution < 1.29 is 9.59 Å². The highest BCUT2D eigenvalue weighted by atomic mass is 35.5. The van der Waals surface area contributed by atoms with Crippen LogP contribution in [0.3, 0.4) is 0 Å². The Morgan fingerprint density at radius 1 is 1.45 bits per heavy atom. The first-order chi connectivity index (χ1) is 10.6. The minimum Gasteiger partial charge on any atom is -0.329 e. The van der Waals surface area contributed by atoms with Gasteiger partial charge in [0.2, 0.25) is 5.91 Å². The molecule has 0 saturated carbocycles. The fraction of sp³-hybridized carbons (Fsp3) is 0.267. The van der Waals surface area contributed by atoms with Gasteiger partial charge in [-0.25, -0.2) is 0 Å². The summed E-state index contributed by atoms with van der Waals surface area (Å²) in [7, 11) is 1.63. The summed E-state index contributed by atoms with van der Waals surface area (Å²) in [5, 5.41) is 6.89. The molecule has 0 radical (unpaired) electrons. The molecule has 7 heteroatoms. The number of para-hydroxylation sites is 1. The Labute approximate surface area is 132 Å². The first kappa shape index (κ1) is 14.6. The van der Waals surface area contributed by atoms with Gasteiger partial charge in [0.1, 0.15) is 6.04 Å². The van der Waals surface area contributed by atoms with Crippen molar-refractivity contribution in [2.45, 2.75) is 12.5 Å². The van der Waals surface area contributed by atoms with Crippen LogP contribution in [0.1, 0.15) is 16.8 Å². The number of aromatic nitrogens is 2. The fourth-order valence-electron chi connectivity index (χ4n) is 2.65. The van der Waals surface area contributed by atoms with Gasteiger partial charge in [-0.15, -0.1) is 0 Å². The summed E-state index contributed by atoms with van der Waals surface area (Å²) in [6.45, 7) is 0.538. The van der Waals surface area contributed by atoms with Gasteiger partial charge in [-0.1, -0.05) is 23.7 Å². The van der Waals surface area contributed by atoms with E-state index in [4.69, 9.17) is 11.6 Å². The summed E-state index contributed by atoms with van der Waals surface area (Å²) in [5.41, 5.74) is 1.12. The molecule has 0 bridgehead atoms. The van der Waals surface area contributed by atoms with Gasteiger partial charge in [-0.05, 0) is 18.6 Å². The van der Waals surface area contributed by atoms with Crippen LogP contribution >= 0.6 is 11.6 Å². The lowest BCUT2D eigenvalue weighted by atomic mass is 10.2. The molecule has 2 amide bonds. The molecule has 0 unspecified atom stereocenters. The number of likely N-dealkylation sites (N-methyl/N-ethyl adjacent to an activating group) is 1. The van der Waals surface area contributed by atoms with Crippen LogP contribution in [-0.2, 0) is 4.79 Å². The van der Waals surface area contributed by atoms with E-state index >= 15 is 0 Å². The monoisotopic (exact) mass is 318 g/mol. The van der Waals surface area contributed by atoms with Crippen LogP contribution in [0.25, 0.3) is 0 Å². The maximum absolute atomic E-state index is 12.6. The van der Waals surface area contributed by atoms with Crippen LogP contribution in [0, 0.1) is 0 Å². The smallest absolute Gasteiger partial charge is 0.257 e. The van der Waals surface area contributed by atoms with Gasteiger partial charge in [-0.3, -0.25) is 14.7 Å². The molecule has 1 N–H and O–H groups in total. The summed E-state index contributed by atoms with van der Waals surface area (Å²) < 4.78 is 0. The molecular weight excluding hydrogens is 304 g/mol. The maximum Gasteiger partial charge on any atom is 0.257 e. The lowest BCUT2D eigenvalue weighted by Gasteiger charge is -2.24. The zero-order valence-corrected chi connectivity index (χ0v) is 12.7. The van der Waals surface area contributed by atoms with Crippen molar-refractivity contribution >= 4 is 29.1 Å². The summed E-state index contributed by atoms with van der Waals surface area (Å²) in [6, 6.07) is 6.72. The second-order valence-electron chi connectivity index (χ2n) is 5.15. The van der Waals surface area contributed by atoms with Gasteiger partial charge in [-0.2, -0.15) is 5.10 Å². The molecule has 1 atom stereocenters. The Morgan fingerprint density at radius 3 is 2.91 bits per heavy atom. The molecular formula is C15H15ClN4O2. The van der Waals surface area contributed by atoms with Crippen molar-refractivity contribution in [1.82, 2.24) is 15.1 Å². The predicted octanol–water partition coefficient (Wildman–Crippen LogP) is 1.94. The minimum atomic E-state index is -0.487. The molecule has 22 heavy (non-hydrogen) atoms. The minimum absolute atomic E-state index is 0.118. The Kier molecular flexibility index (Phi) is 3.85. The van der Waals surface area contributed by atoms with Gasteiger partial charge in [0.15, 0.2) is 0 Å². The van der Waals surface area contributed by atoms with Crippen molar-refractivity contribution in [3.8, 4) is 0 Å². The van der Waals surface area contributed by atoms with Crippen molar-refractivity contribution in [2.75, 3.05) is 18.5 Å². The second kappa shape index (κ2) is 5.81. The van der Waals surface area contributed by atoms with Crippen molar-refractivity contribution in [2.24, 2.45) is 0 Å². The van der Waals surface area contributed by atoms with Crippen molar-refractivity contribution in [3.63, 3.8) is 0 Å². The van der Waals surface area contributed by atoms with Crippen LogP contribution < -0.4 is 4.90 Å². The second-order valence-corrected chi connectivity index (χ2v) is 5.56. The third-order valence-corrected chi connectivity index (χ3v) is 4.17. The molecule has 1 fully saturated rings. The number of carbonyl (C=O) groups excluding carboxylic acids is 2. The molecule has 1 aliphatic heterocycles. The first-order valence-electron chi connectivity index (χ1n) is 6.91. The zero-order valence-electron chi connectivity index (χ0n) is 12.0. The van der Waals surface area contributed by atoms with Gasteiger partial charge < -0.3 is 9.80 Å². The Morgan fingerprint density at radius 2 is 2.23 bits per heavy atom. The normalized spacial score (nSPS) is 17.8. The maximum atomic E-state index is 12.6. The molecule has 0 aliphatic carbocycles. The van der Waals surface area contributed by atoms with E-state index in [0.29, 0.717) is 29.2 Å². The van der Waals surface area contributed by atoms with Crippen molar-refractivity contribution in [3.05, 3.63) is 47.2 Å². The quantitative estimate of drug-likeness (QED) is 0.940. The Balaban J connectivity index is 1.79. The number of aromatic amines is 1. The molecule has 2 heterocycles. The average Bonchev–Trinajstić information content (AvgIpc) is 3.16. The summed E-state index contributed by atoms with van der Waals surface area (Å²) in [6.07, 6.45) is 3.54. The number of hydrogen-bond acceptors (Lipinski definition) is 3. The molecule has 0 spiro atoms. The zero-order chi connectivity index (χ0) is 15.7. The van der Waals surface area contributed by atoms with Gasteiger partial charge in [0, 0.05) is 19.8 Å². The van der Waals surface area contributed by atoms with E-state index in [1.165, 1.54) is 17.3 Å². The standard InChI is InChI=1S/C15H15ClN4O2/c1-19(14(21)10-8-17-18-9-10)13-6-7-20(15(13)22)12-5-3-2-4-11(12)16/h2-5,8-9,13H,6-7H2,1H3,(H,17,18)/t13-/m0/s1. The lowest BCUT2D eigenvalue weighted by molar-refractivity contribution is -0.120. The van der Waals surface area contributed by atoms with E-state index in [0.717, 1.165) is 0 Å². The van der Waals surface area contributed by atoms with E-state index < -0.39 is 6.04 Å². The number of H-pyrrole nitrogens is 1.